The molecule has 1 N–H and O–H groups in total. The van der Waals surface area contributed by atoms with Gasteiger partial charge >= 0.3 is 0 Å². The van der Waals surface area contributed by atoms with Gasteiger partial charge in [0.2, 0.25) is 0 Å². The smallest absolute Gasteiger partial charge is 0.148 e. The summed E-state index contributed by atoms with van der Waals surface area (Å²) in [4.78, 5) is 10.5. The Morgan fingerprint density at radius 1 is 0.692 bits per heavy atom. The van der Waals surface area contributed by atoms with E-state index in [0.29, 0.717) is 22.7 Å². The molecule has 0 aliphatic heterocycles. The van der Waals surface area contributed by atoms with Crippen molar-refractivity contribution >= 4 is 48.9 Å². The fourth-order valence-corrected chi connectivity index (χ4v) is 10.8. The molecule has 1 saturated carbocycles. The van der Waals surface area contributed by atoms with Gasteiger partial charge in [-0.2, -0.15) is 0 Å². The molecule has 0 atom stereocenters. The minimum Gasteiger partial charge on any atom is -0.507 e. The molecule has 5 nitrogen and oxygen atoms in total. The quantitative estimate of drug-likeness (QED) is 0.162. The number of nitrogens with zero attached hydrogens (tertiary/aromatic N) is 4. The van der Waals surface area contributed by atoms with Crippen LogP contribution in [0, 0.1) is 11.5 Å². The van der Waals surface area contributed by atoms with Crippen molar-refractivity contribution in [2.75, 3.05) is 0 Å². The Bertz CT molecular complexity index is 3570. The number of pyridine rings is 1. The minimum absolute atomic E-state index is 0. The van der Waals surface area contributed by atoms with Gasteiger partial charge in [0.05, 0.1) is 28.0 Å². The molecule has 0 radical (unpaired) electrons. The molecule has 65 heavy (non-hydrogen) atoms. The van der Waals surface area contributed by atoms with Crippen molar-refractivity contribution in [3.8, 4) is 45.2 Å². The summed E-state index contributed by atoms with van der Waals surface area (Å²) in [5.74, 6) is 1.40. The minimum atomic E-state index is -0.645. The van der Waals surface area contributed by atoms with Gasteiger partial charge in [-0.1, -0.05) is 142 Å². The van der Waals surface area contributed by atoms with E-state index >= 15 is 0 Å². The van der Waals surface area contributed by atoms with Gasteiger partial charge in [0.1, 0.15) is 11.6 Å². The standard InChI is InChI=1S/C59H49N4O.Pt/c1-58(2)30-28-37(29-31-58)40-25-26-49(46(33-40)38-15-6-5-7-16-38)62-36-53(61-57(62)43-19-10-11-23-52(43)64)59(3,4)41-34-47(48-22-12-13-32-60-48)55-45-21-14-20-44-54-42-18-9-8-17-39(42)24-27-50(54)63(56(44)45)51(55)35-41;/h5-27,32-33,35-37,64H,28-31H2,1-4H3;/q-1;. The van der Waals surface area contributed by atoms with Gasteiger partial charge < -0.3 is 14.5 Å². The van der Waals surface area contributed by atoms with E-state index in [1.54, 1.807) is 6.07 Å². The van der Waals surface area contributed by atoms with Crippen LogP contribution in [0.3, 0.4) is 0 Å². The SMILES string of the molecule is CC1(C)CCC(c2ccc(-n3cc(C(C)(C)c4[c-]c(-c5ccccn5)c5c6cccc7c8c9ccccc9ccc8n(c5c4)c67)nc3-c3ccccc3O)c(-c3ccccc3)c2)CC1.[Pt]. The predicted molar refractivity (Wildman–Crippen MR) is 264 cm³/mol. The molecule has 6 heteroatoms. The van der Waals surface area contributed by atoms with E-state index in [2.05, 4.69) is 170 Å². The molecular formula is C59H49N4OPt-. The molecular weight excluding hydrogens is 976 g/mol. The zero-order valence-corrected chi connectivity index (χ0v) is 39.3. The number of rotatable bonds is 7. The van der Waals surface area contributed by atoms with E-state index in [-0.39, 0.29) is 26.8 Å². The van der Waals surface area contributed by atoms with Crippen molar-refractivity contribution in [1.82, 2.24) is 18.9 Å². The first-order chi connectivity index (χ1) is 31.1. The van der Waals surface area contributed by atoms with Crippen molar-refractivity contribution < 1.29 is 26.2 Å². The third kappa shape index (κ3) is 6.61. The van der Waals surface area contributed by atoms with Crippen molar-refractivity contribution in [1.29, 1.82) is 0 Å². The Labute approximate surface area is 394 Å². The molecule has 0 unspecified atom stereocenters. The maximum atomic E-state index is 11.5. The Balaban J connectivity index is 0.00000469. The van der Waals surface area contributed by atoms with Crippen molar-refractivity contribution in [2.45, 2.75) is 64.7 Å². The summed E-state index contributed by atoms with van der Waals surface area (Å²) in [6.07, 6.45) is 8.91. The molecule has 4 heterocycles. The number of hydrogen-bond donors (Lipinski definition) is 1. The maximum Gasteiger partial charge on any atom is 0.148 e. The van der Waals surface area contributed by atoms with Crippen LogP contribution in [0.1, 0.15) is 76.1 Å². The number of imidazole rings is 1. The van der Waals surface area contributed by atoms with Crippen molar-refractivity contribution in [3.63, 3.8) is 0 Å². The van der Waals surface area contributed by atoms with Crippen molar-refractivity contribution in [3.05, 3.63) is 187 Å². The summed E-state index contributed by atoms with van der Waals surface area (Å²) in [5, 5.41) is 18.8. The second kappa shape index (κ2) is 15.6. The van der Waals surface area contributed by atoms with Crippen LogP contribution in [0.25, 0.3) is 88.3 Å². The van der Waals surface area contributed by atoms with E-state index in [1.165, 1.54) is 69.2 Å². The van der Waals surface area contributed by atoms with Crippen molar-refractivity contribution in [2.24, 2.45) is 5.41 Å². The number of benzene rings is 7. The zero-order valence-electron chi connectivity index (χ0n) is 37.0. The van der Waals surface area contributed by atoms with Crippen LogP contribution in [-0.4, -0.2) is 24.0 Å². The topological polar surface area (TPSA) is 55.4 Å². The van der Waals surface area contributed by atoms with Crippen LogP contribution in [0.5, 0.6) is 5.75 Å². The average molecular weight is 1030 g/mol. The fraction of sp³-hybridized carbons (Fsp3) is 0.186. The van der Waals surface area contributed by atoms with Crippen LogP contribution in [0.2, 0.25) is 0 Å². The number of aromatic hydroxyl groups is 1. The Morgan fingerprint density at radius 2 is 1.42 bits per heavy atom. The Morgan fingerprint density at radius 3 is 2.20 bits per heavy atom. The van der Waals surface area contributed by atoms with Gasteiger partial charge in [-0.05, 0) is 112 Å². The average Bonchev–Trinajstić information content (AvgIpc) is 4.03. The predicted octanol–water partition coefficient (Wildman–Crippen LogP) is 15.1. The van der Waals surface area contributed by atoms with Gasteiger partial charge in [0.15, 0.2) is 0 Å². The molecule has 1 aliphatic rings. The fourth-order valence-electron chi connectivity index (χ4n) is 10.8. The largest absolute Gasteiger partial charge is 0.507 e. The summed E-state index contributed by atoms with van der Waals surface area (Å²) in [5.41, 5.74) is 12.4. The van der Waals surface area contributed by atoms with E-state index in [1.807, 2.05) is 30.5 Å². The summed E-state index contributed by atoms with van der Waals surface area (Å²) < 4.78 is 4.67. The summed E-state index contributed by atoms with van der Waals surface area (Å²) in [7, 11) is 0. The molecule has 1 aliphatic carbocycles. The van der Waals surface area contributed by atoms with Gasteiger partial charge in [0.25, 0.3) is 0 Å². The van der Waals surface area contributed by atoms with Crippen LogP contribution >= 0.6 is 0 Å². The van der Waals surface area contributed by atoms with Crippen LogP contribution < -0.4 is 0 Å². The van der Waals surface area contributed by atoms with Crippen LogP contribution in [-0.2, 0) is 26.5 Å². The van der Waals surface area contributed by atoms with Crippen LogP contribution in [0.15, 0.2) is 164 Å². The Hall–Kier alpha value is -6.55. The van der Waals surface area contributed by atoms with E-state index in [4.69, 9.17) is 9.97 Å². The first-order valence-corrected chi connectivity index (χ1v) is 22.7. The second-order valence-corrected chi connectivity index (χ2v) is 19.3. The first-order valence-electron chi connectivity index (χ1n) is 22.7. The molecule has 12 rings (SSSR count). The summed E-state index contributed by atoms with van der Waals surface area (Å²) >= 11 is 0. The normalized spacial score (nSPS) is 14.5. The third-order valence-electron chi connectivity index (χ3n) is 14.5. The van der Waals surface area contributed by atoms with E-state index in [0.717, 1.165) is 50.2 Å². The molecule has 322 valence electrons. The van der Waals surface area contributed by atoms with Gasteiger partial charge in [-0.3, -0.25) is 4.57 Å². The van der Waals surface area contributed by atoms with E-state index in [9.17, 15) is 5.11 Å². The number of phenolic OH excluding ortho intramolecular Hbond substituents is 1. The van der Waals surface area contributed by atoms with Gasteiger partial charge in [0, 0.05) is 55.2 Å². The monoisotopic (exact) mass is 1020 g/mol. The Kier molecular flexibility index (Phi) is 9.86. The van der Waals surface area contributed by atoms with E-state index < -0.39 is 5.41 Å². The zero-order chi connectivity index (χ0) is 43.3. The molecule has 4 aromatic heterocycles. The molecule has 11 aromatic rings. The molecule has 0 saturated heterocycles. The number of phenols is 1. The molecule has 1 fully saturated rings. The number of para-hydroxylation sites is 2. The number of aromatic nitrogens is 4. The first kappa shape index (κ1) is 41.2. The number of fused-ring (bicyclic) bond motifs is 8. The van der Waals surface area contributed by atoms with Gasteiger partial charge in [-0.15, -0.1) is 23.3 Å². The summed E-state index contributed by atoms with van der Waals surface area (Å²) in [6.45, 7) is 9.31. The maximum absolute atomic E-state index is 11.5. The third-order valence-corrected chi connectivity index (χ3v) is 14.5. The molecule has 0 amide bonds. The molecule has 0 spiro atoms. The molecule has 7 aromatic carbocycles. The second-order valence-electron chi connectivity index (χ2n) is 19.3. The molecule has 0 bridgehead atoms. The van der Waals surface area contributed by atoms with Crippen LogP contribution in [0.4, 0.5) is 0 Å². The number of hydrogen-bond acceptors (Lipinski definition) is 3. The van der Waals surface area contributed by atoms with Gasteiger partial charge in [-0.25, -0.2) is 4.98 Å². The summed E-state index contributed by atoms with van der Waals surface area (Å²) in [6, 6.07) is 57.7.